The van der Waals surface area contributed by atoms with Crippen molar-refractivity contribution in [1.29, 1.82) is 0 Å². The van der Waals surface area contributed by atoms with E-state index in [1.165, 1.54) is 11.1 Å². The Kier molecular flexibility index (Phi) is 4.75. The molecule has 2 aromatic rings. The molecule has 0 aliphatic heterocycles. The SMILES string of the molecule is Cc1cc(N(C)Cc2ccccc2CN(C)C)nc(N)n1. The van der Waals surface area contributed by atoms with Gasteiger partial charge in [0.25, 0.3) is 0 Å². The molecule has 0 aliphatic carbocycles. The first kappa shape index (κ1) is 15.3. The van der Waals surface area contributed by atoms with E-state index in [1.54, 1.807) is 0 Å². The monoisotopic (exact) mass is 285 g/mol. The number of benzene rings is 1. The molecule has 5 heteroatoms. The van der Waals surface area contributed by atoms with Gasteiger partial charge < -0.3 is 15.5 Å². The van der Waals surface area contributed by atoms with Crippen LogP contribution in [0, 0.1) is 6.92 Å². The van der Waals surface area contributed by atoms with E-state index in [0.29, 0.717) is 5.95 Å². The average molecular weight is 285 g/mol. The van der Waals surface area contributed by atoms with Gasteiger partial charge >= 0.3 is 0 Å². The van der Waals surface area contributed by atoms with Crippen molar-refractivity contribution in [3.05, 3.63) is 47.2 Å². The van der Waals surface area contributed by atoms with Crippen LogP contribution in [-0.2, 0) is 13.1 Å². The van der Waals surface area contributed by atoms with Crippen LogP contribution in [0.5, 0.6) is 0 Å². The molecule has 0 amide bonds. The van der Waals surface area contributed by atoms with Crippen LogP contribution in [0.3, 0.4) is 0 Å². The summed E-state index contributed by atoms with van der Waals surface area (Å²) in [7, 11) is 6.18. The molecule has 1 aromatic carbocycles. The normalized spacial score (nSPS) is 10.9. The third-order valence-corrected chi connectivity index (χ3v) is 3.26. The molecule has 0 unspecified atom stereocenters. The molecule has 5 nitrogen and oxygen atoms in total. The Morgan fingerprint density at radius 1 is 1.00 bits per heavy atom. The van der Waals surface area contributed by atoms with E-state index in [0.717, 1.165) is 24.6 Å². The summed E-state index contributed by atoms with van der Waals surface area (Å²) in [6.45, 7) is 3.64. The topological polar surface area (TPSA) is 58.3 Å². The summed E-state index contributed by atoms with van der Waals surface area (Å²) < 4.78 is 0. The smallest absolute Gasteiger partial charge is 0.222 e. The summed E-state index contributed by atoms with van der Waals surface area (Å²) in [5.74, 6) is 1.16. The molecule has 0 bridgehead atoms. The van der Waals surface area contributed by atoms with Gasteiger partial charge in [-0.05, 0) is 32.1 Å². The van der Waals surface area contributed by atoms with Gasteiger partial charge in [0.2, 0.25) is 5.95 Å². The lowest BCUT2D eigenvalue weighted by Crippen LogP contribution is -2.21. The summed E-state index contributed by atoms with van der Waals surface area (Å²) in [5, 5.41) is 0. The Morgan fingerprint density at radius 3 is 2.19 bits per heavy atom. The van der Waals surface area contributed by atoms with Crippen LogP contribution in [-0.4, -0.2) is 36.0 Å². The van der Waals surface area contributed by atoms with E-state index < -0.39 is 0 Å². The first-order chi connectivity index (χ1) is 9.95. The van der Waals surface area contributed by atoms with Gasteiger partial charge in [-0.25, -0.2) is 4.98 Å². The summed E-state index contributed by atoms with van der Waals surface area (Å²) in [6, 6.07) is 10.4. The van der Waals surface area contributed by atoms with Crippen LogP contribution in [0.15, 0.2) is 30.3 Å². The molecule has 0 saturated heterocycles. The van der Waals surface area contributed by atoms with Crippen molar-refractivity contribution in [3.63, 3.8) is 0 Å². The van der Waals surface area contributed by atoms with Gasteiger partial charge in [-0.15, -0.1) is 0 Å². The Balaban J connectivity index is 2.21. The zero-order valence-corrected chi connectivity index (χ0v) is 13.2. The number of nitrogen functional groups attached to an aromatic ring is 1. The van der Waals surface area contributed by atoms with Crippen molar-refractivity contribution in [3.8, 4) is 0 Å². The molecule has 0 aliphatic rings. The highest BCUT2D eigenvalue weighted by molar-refractivity contribution is 5.44. The fourth-order valence-electron chi connectivity index (χ4n) is 2.31. The highest BCUT2D eigenvalue weighted by Crippen LogP contribution is 2.18. The van der Waals surface area contributed by atoms with Gasteiger partial charge in [-0.2, -0.15) is 4.98 Å². The molecule has 2 rings (SSSR count). The summed E-state index contributed by atoms with van der Waals surface area (Å²) >= 11 is 0. The molecule has 1 aromatic heterocycles. The zero-order chi connectivity index (χ0) is 15.4. The Bertz CT molecular complexity index is 589. The van der Waals surface area contributed by atoms with Crippen LogP contribution in [0.1, 0.15) is 16.8 Å². The predicted molar refractivity (Wildman–Crippen MR) is 87.1 cm³/mol. The number of nitrogens with zero attached hydrogens (tertiary/aromatic N) is 4. The van der Waals surface area contributed by atoms with Crippen molar-refractivity contribution in [2.45, 2.75) is 20.0 Å². The molecule has 2 N–H and O–H groups in total. The highest BCUT2D eigenvalue weighted by Gasteiger charge is 2.09. The van der Waals surface area contributed by atoms with Crippen molar-refractivity contribution in [1.82, 2.24) is 14.9 Å². The minimum atomic E-state index is 0.318. The lowest BCUT2D eigenvalue weighted by molar-refractivity contribution is 0.401. The first-order valence-corrected chi connectivity index (χ1v) is 6.99. The summed E-state index contributed by atoms with van der Waals surface area (Å²) in [5.41, 5.74) is 9.23. The minimum absolute atomic E-state index is 0.318. The largest absolute Gasteiger partial charge is 0.368 e. The molecular formula is C16H23N5. The number of hydrogen-bond donors (Lipinski definition) is 1. The molecule has 0 radical (unpaired) electrons. The number of aromatic nitrogens is 2. The molecule has 0 saturated carbocycles. The first-order valence-electron chi connectivity index (χ1n) is 6.99. The Morgan fingerprint density at radius 2 is 1.62 bits per heavy atom. The van der Waals surface area contributed by atoms with Gasteiger partial charge in [0.1, 0.15) is 5.82 Å². The number of rotatable bonds is 5. The van der Waals surface area contributed by atoms with Crippen molar-refractivity contribution < 1.29 is 0 Å². The average Bonchev–Trinajstić information content (AvgIpc) is 2.39. The third kappa shape index (κ3) is 4.16. The van der Waals surface area contributed by atoms with Gasteiger partial charge in [-0.1, -0.05) is 24.3 Å². The molecule has 1 heterocycles. The van der Waals surface area contributed by atoms with Crippen molar-refractivity contribution in [2.75, 3.05) is 31.8 Å². The van der Waals surface area contributed by atoms with E-state index in [-0.39, 0.29) is 0 Å². The Hall–Kier alpha value is -2.14. The summed E-state index contributed by atoms with van der Waals surface area (Å²) in [6.07, 6.45) is 0. The molecule has 0 fully saturated rings. The van der Waals surface area contributed by atoms with Crippen LogP contribution in [0.4, 0.5) is 11.8 Å². The number of aryl methyl sites for hydroxylation is 1. The van der Waals surface area contributed by atoms with E-state index in [1.807, 2.05) is 20.0 Å². The van der Waals surface area contributed by atoms with Crippen molar-refractivity contribution >= 4 is 11.8 Å². The lowest BCUT2D eigenvalue weighted by Gasteiger charge is -2.21. The quantitative estimate of drug-likeness (QED) is 0.911. The van der Waals surface area contributed by atoms with E-state index >= 15 is 0 Å². The lowest BCUT2D eigenvalue weighted by atomic mass is 10.1. The predicted octanol–water partition coefficient (Wildman–Crippen LogP) is 2.07. The molecule has 0 atom stereocenters. The fraction of sp³-hybridized carbons (Fsp3) is 0.375. The number of anilines is 2. The zero-order valence-electron chi connectivity index (χ0n) is 13.2. The van der Waals surface area contributed by atoms with Crippen LogP contribution in [0.2, 0.25) is 0 Å². The minimum Gasteiger partial charge on any atom is -0.368 e. The second-order valence-corrected chi connectivity index (χ2v) is 5.59. The van der Waals surface area contributed by atoms with Gasteiger partial charge in [0, 0.05) is 31.9 Å². The van der Waals surface area contributed by atoms with Crippen molar-refractivity contribution in [2.24, 2.45) is 0 Å². The Labute approximate surface area is 126 Å². The standard InChI is InChI=1S/C16H23N5/c1-12-9-15(19-16(17)18-12)21(4)11-14-8-6-5-7-13(14)10-20(2)3/h5-9H,10-11H2,1-4H3,(H2,17,18,19). The fourth-order valence-corrected chi connectivity index (χ4v) is 2.31. The van der Waals surface area contributed by atoms with E-state index in [4.69, 9.17) is 5.73 Å². The third-order valence-electron chi connectivity index (χ3n) is 3.26. The van der Waals surface area contributed by atoms with Crippen LogP contribution >= 0.6 is 0 Å². The molecule has 112 valence electrons. The van der Waals surface area contributed by atoms with Gasteiger partial charge in [-0.3, -0.25) is 0 Å². The van der Waals surface area contributed by atoms with Gasteiger partial charge in [0.05, 0.1) is 0 Å². The molecule has 21 heavy (non-hydrogen) atoms. The van der Waals surface area contributed by atoms with Crippen LogP contribution in [0.25, 0.3) is 0 Å². The summed E-state index contributed by atoms with van der Waals surface area (Å²) in [4.78, 5) is 12.7. The maximum atomic E-state index is 5.73. The molecular weight excluding hydrogens is 262 g/mol. The highest BCUT2D eigenvalue weighted by atomic mass is 15.2. The maximum absolute atomic E-state index is 5.73. The second kappa shape index (κ2) is 6.54. The number of hydrogen-bond acceptors (Lipinski definition) is 5. The number of nitrogens with two attached hydrogens (primary N) is 1. The molecule has 0 spiro atoms. The van der Waals surface area contributed by atoms with Crippen LogP contribution < -0.4 is 10.6 Å². The van der Waals surface area contributed by atoms with Gasteiger partial charge in [0.15, 0.2) is 0 Å². The van der Waals surface area contributed by atoms with E-state index in [9.17, 15) is 0 Å². The van der Waals surface area contributed by atoms with E-state index in [2.05, 4.69) is 58.1 Å². The maximum Gasteiger partial charge on any atom is 0.222 e. The second-order valence-electron chi connectivity index (χ2n) is 5.59.